The van der Waals surface area contributed by atoms with Gasteiger partial charge in [0, 0.05) is 25.8 Å². The second kappa shape index (κ2) is 5.71. The lowest BCUT2D eigenvalue weighted by Gasteiger charge is -2.44. The van der Waals surface area contributed by atoms with Crippen LogP contribution in [0.1, 0.15) is 17.7 Å². The summed E-state index contributed by atoms with van der Waals surface area (Å²) in [4.78, 5) is 2.58. The maximum absolute atomic E-state index is 5.79. The Labute approximate surface area is 131 Å². The summed E-state index contributed by atoms with van der Waals surface area (Å²) in [6.07, 6.45) is 5.28. The Bertz CT molecular complexity index is 677. The van der Waals surface area contributed by atoms with Gasteiger partial charge in [0.1, 0.15) is 0 Å². The Kier molecular flexibility index (Phi) is 3.56. The number of benzene rings is 1. The standard InChI is InChI=1S/C18H21N3O/c1-20-18(7-8-19-20)15-9-16-12-22-13-17(10-15)21(16)11-14-5-3-2-4-6-14/h2-9,16-17H,10-13H2,1H3. The molecule has 0 spiro atoms. The molecule has 1 aromatic heterocycles. The fraction of sp³-hybridized carbons (Fsp3) is 0.389. The third-order valence-electron chi connectivity index (χ3n) is 4.70. The van der Waals surface area contributed by atoms with Crippen molar-refractivity contribution in [2.75, 3.05) is 13.2 Å². The molecule has 2 atom stereocenters. The molecule has 22 heavy (non-hydrogen) atoms. The molecule has 0 saturated carbocycles. The number of morpholine rings is 1. The maximum atomic E-state index is 5.79. The van der Waals surface area contributed by atoms with Crippen molar-refractivity contribution in [3.63, 3.8) is 0 Å². The van der Waals surface area contributed by atoms with E-state index in [1.54, 1.807) is 0 Å². The van der Waals surface area contributed by atoms with Gasteiger partial charge in [0.25, 0.3) is 0 Å². The Hall–Kier alpha value is -1.91. The van der Waals surface area contributed by atoms with Gasteiger partial charge in [-0.15, -0.1) is 0 Å². The fourth-order valence-electron chi connectivity index (χ4n) is 3.58. The second-order valence-corrected chi connectivity index (χ2v) is 6.15. The van der Waals surface area contributed by atoms with Crippen LogP contribution in [0.5, 0.6) is 0 Å². The monoisotopic (exact) mass is 295 g/mol. The molecule has 4 heteroatoms. The van der Waals surface area contributed by atoms with Crippen molar-refractivity contribution in [2.45, 2.75) is 25.0 Å². The van der Waals surface area contributed by atoms with Gasteiger partial charge in [-0.05, 0) is 23.6 Å². The average Bonchev–Trinajstić information content (AvgIpc) is 2.94. The molecule has 114 valence electrons. The number of ether oxygens (including phenoxy) is 1. The lowest BCUT2D eigenvalue weighted by molar-refractivity contribution is -0.0403. The van der Waals surface area contributed by atoms with Crippen molar-refractivity contribution >= 4 is 5.57 Å². The normalized spacial score (nSPS) is 25.0. The molecule has 0 N–H and O–H groups in total. The van der Waals surface area contributed by atoms with Crippen LogP contribution in [0.3, 0.4) is 0 Å². The predicted molar refractivity (Wildman–Crippen MR) is 86.2 cm³/mol. The predicted octanol–water partition coefficient (Wildman–Crippen LogP) is 2.48. The Morgan fingerprint density at radius 2 is 2.05 bits per heavy atom. The molecule has 1 saturated heterocycles. The third-order valence-corrected chi connectivity index (χ3v) is 4.70. The summed E-state index contributed by atoms with van der Waals surface area (Å²) in [6, 6.07) is 13.6. The van der Waals surface area contributed by atoms with Gasteiger partial charge in [-0.2, -0.15) is 5.10 Å². The highest BCUT2D eigenvalue weighted by Gasteiger charge is 2.35. The number of fused-ring (bicyclic) bond motifs is 2. The van der Waals surface area contributed by atoms with Gasteiger partial charge in [-0.1, -0.05) is 36.4 Å². The van der Waals surface area contributed by atoms with Crippen LogP contribution in [0, 0.1) is 0 Å². The molecule has 2 aliphatic heterocycles. The minimum atomic E-state index is 0.359. The van der Waals surface area contributed by atoms with E-state index in [-0.39, 0.29) is 0 Å². The zero-order valence-corrected chi connectivity index (χ0v) is 12.9. The summed E-state index contributed by atoms with van der Waals surface area (Å²) in [5.41, 5.74) is 4.01. The van der Waals surface area contributed by atoms with Crippen LogP contribution in [0.4, 0.5) is 0 Å². The summed E-state index contributed by atoms with van der Waals surface area (Å²) in [7, 11) is 2.01. The number of hydrogen-bond donors (Lipinski definition) is 0. The van der Waals surface area contributed by atoms with E-state index in [4.69, 9.17) is 4.74 Å². The summed E-state index contributed by atoms with van der Waals surface area (Å²) in [5, 5.41) is 4.30. The summed E-state index contributed by atoms with van der Waals surface area (Å²) in [6.45, 7) is 2.60. The largest absolute Gasteiger partial charge is 0.378 e. The van der Waals surface area contributed by atoms with Gasteiger partial charge in [0.2, 0.25) is 0 Å². The molecule has 0 aliphatic carbocycles. The zero-order valence-electron chi connectivity index (χ0n) is 12.9. The van der Waals surface area contributed by atoms with Crippen molar-refractivity contribution in [1.29, 1.82) is 0 Å². The van der Waals surface area contributed by atoms with Crippen molar-refractivity contribution in [3.05, 3.63) is 59.9 Å². The quantitative estimate of drug-likeness (QED) is 0.871. The molecular formula is C18H21N3O. The van der Waals surface area contributed by atoms with Crippen molar-refractivity contribution in [3.8, 4) is 0 Å². The van der Waals surface area contributed by atoms with E-state index in [1.807, 2.05) is 17.9 Å². The van der Waals surface area contributed by atoms with Gasteiger partial charge in [0.15, 0.2) is 0 Å². The highest BCUT2D eigenvalue weighted by atomic mass is 16.5. The van der Waals surface area contributed by atoms with Gasteiger partial charge in [0.05, 0.1) is 24.9 Å². The molecule has 4 rings (SSSR count). The first-order valence-electron chi connectivity index (χ1n) is 7.88. The van der Waals surface area contributed by atoms with E-state index in [2.05, 4.69) is 52.5 Å². The van der Waals surface area contributed by atoms with Crippen LogP contribution >= 0.6 is 0 Å². The SMILES string of the molecule is Cn1nccc1C1=CC2COCC(C1)N2Cc1ccccc1. The highest BCUT2D eigenvalue weighted by molar-refractivity contribution is 5.65. The van der Waals surface area contributed by atoms with Gasteiger partial charge in [-0.25, -0.2) is 0 Å². The number of aryl methyl sites for hydroxylation is 1. The van der Waals surface area contributed by atoms with E-state index in [9.17, 15) is 0 Å². The molecule has 0 amide bonds. The van der Waals surface area contributed by atoms with Crippen LogP contribution in [-0.2, 0) is 18.3 Å². The Balaban J connectivity index is 1.61. The van der Waals surface area contributed by atoms with Gasteiger partial charge < -0.3 is 4.74 Å². The molecule has 0 radical (unpaired) electrons. The van der Waals surface area contributed by atoms with Crippen LogP contribution in [0.2, 0.25) is 0 Å². The molecule has 2 aliphatic rings. The van der Waals surface area contributed by atoms with Crippen LogP contribution in [0.15, 0.2) is 48.7 Å². The summed E-state index contributed by atoms with van der Waals surface area (Å²) in [5.74, 6) is 0. The minimum Gasteiger partial charge on any atom is -0.378 e. The fourth-order valence-corrected chi connectivity index (χ4v) is 3.58. The highest BCUT2D eigenvalue weighted by Crippen LogP contribution is 2.33. The van der Waals surface area contributed by atoms with E-state index >= 15 is 0 Å². The van der Waals surface area contributed by atoms with Crippen molar-refractivity contribution < 1.29 is 4.74 Å². The van der Waals surface area contributed by atoms with Crippen LogP contribution in [0.25, 0.3) is 5.57 Å². The van der Waals surface area contributed by atoms with Crippen molar-refractivity contribution in [1.82, 2.24) is 14.7 Å². The van der Waals surface area contributed by atoms with E-state index in [1.165, 1.54) is 16.8 Å². The smallest absolute Gasteiger partial charge is 0.0658 e. The van der Waals surface area contributed by atoms with Crippen LogP contribution < -0.4 is 0 Å². The Morgan fingerprint density at radius 3 is 2.77 bits per heavy atom. The van der Waals surface area contributed by atoms with E-state index in [0.717, 1.165) is 26.2 Å². The van der Waals surface area contributed by atoms with Gasteiger partial charge in [-0.3, -0.25) is 9.58 Å². The third kappa shape index (κ3) is 2.49. The molecule has 2 bridgehead atoms. The van der Waals surface area contributed by atoms with E-state index < -0.39 is 0 Å². The lowest BCUT2D eigenvalue weighted by Crippen LogP contribution is -2.53. The maximum Gasteiger partial charge on any atom is 0.0658 e. The molecule has 1 fully saturated rings. The van der Waals surface area contributed by atoms with Gasteiger partial charge >= 0.3 is 0 Å². The van der Waals surface area contributed by atoms with E-state index in [0.29, 0.717) is 12.1 Å². The number of nitrogens with zero attached hydrogens (tertiary/aromatic N) is 3. The first kappa shape index (κ1) is 13.7. The Morgan fingerprint density at radius 1 is 1.18 bits per heavy atom. The number of rotatable bonds is 3. The minimum absolute atomic E-state index is 0.359. The first-order valence-corrected chi connectivity index (χ1v) is 7.88. The molecule has 2 unspecified atom stereocenters. The second-order valence-electron chi connectivity index (χ2n) is 6.15. The van der Waals surface area contributed by atoms with Crippen molar-refractivity contribution in [2.24, 2.45) is 7.05 Å². The summed E-state index contributed by atoms with van der Waals surface area (Å²) >= 11 is 0. The molecular weight excluding hydrogens is 274 g/mol. The molecule has 4 nitrogen and oxygen atoms in total. The molecule has 3 heterocycles. The molecule has 1 aromatic carbocycles. The summed E-state index contributed by atoms with van der Waals surface area (Å²) < 4.78 is 7.76. The number of aromatic nitrogens is 2. The van der Waals surface area contributed by atoms with Crippen LogP contribution in [-0.4, -0.2) is 40.0 Å². The molecule has 2 aromatic rings. The lowest BCUT2D eigenvalue weighted by atomic mass is 9.91. The number of hydrogen-bond acceptors (Lipinski definition) is 3. The topological polar surface area (TPSA) is 30.3 Å². The first-order chi connectivity index (χ1) is 10.8. The average molecular weight is 295 g/mol. The zero-order chi connectivity index (χ0) is 14.9.